The Morgan fingerprint density at radius 3 is 2.56 bits per heavy atom. The van der Waals surface area contributed by atoms with Crippen LogP contribution in [0.2, 0.25) is 0 Å². The smallest absolute Gasteiger partial charge is 0.263 e. The number of ether oxygens (including phenoxy) is 1. The number of nitrogens with zero attached hydrogens (tertiary/aromatic N) is 3. The molecule has 0 radical (unpaired) electrons. The van der Waals surface area contributed by atoms with Crippen molar-refractivity contribution in [3.63, 3.8) is 0 Å². The molecule has 0 amide bonds. The third-order valence-electron chi connectivity index (χ3n) is 6.74. The van der Waals surface area contributed by atoms with E-state index in [9.17, 15) is 21.2 Å². The lowest BCUT2D eigenvalue weighted by Gasteiger charge is -2.45. The molecule has 192 valence electrons. The predicted octanol–water partition coefficient (Wildman–Crippen LogP) is 3.55. The molecule has 0 unspecified atom stereocenters. The number of piperidine rings is 1. The molecule has 13 heteroatoms. The van der Waals surface area contributed by atoms with Gasteiger partial charge in [-0.2, -0.15) is 4.37 Å². The molecule has 1 aromatic heterocycles. The average molecular weight is 553 g/mol. The van der Waals surface area contributed by atoms with Crippen LogP contribution >= 0.6 is 11.5 Å². The lowest BCUT2D eigenvalue weighted by Crippen LogP contribution is -2.44. The highest BCUT2D eigenvalue weighted by Gasteiger charge is 2.40. The van der Waals surface area contributed by atoms with Gasteiger partial charge in [-0.25, -0.2) is 26.2 Å². The van der Waals surface area contributed by atoms with Crippen LogP contribution in [0.25, 0.3) is 0 Å². The first-order chi connectivity index (χ1) is 17.1. The van der Waals surface area contributed by atoms with Gasteiger partial charge >= 0.3 is 0 Å². The molecule has 2 aromatic carbocycles. The molecule has 2 aliphatic heterocycles. The molecule has 1 saturated heterocycles. The van der Waals surface area contributed by atoms with E-state index in [4.69, 9.17) is 4.74 Å². The molecule has 0 aliphatic carbocycles. The van der Waals surface area contributed by atoms with E-state index in [1.165, 1.54) is 36.8 Å². The summed E-state index contributed by atoms with van der Waals surface area (Å²) >= 11 is 0.938. The minimum absolute atomic E-state index is 0.0444. The number of likely N-dealkylation sites (tertiary alicyclic amines) is 1. The molecular formula is C23H25FN4O5S3. The monoisotopic (exact) mass is 552 g/mol. The predicted molar refractivity (Wildman–Crippen MR) is 134 cm³/mol. The van der Waals surface area contributed by atoms with Crippen LogP contribution in [0.5, 0.6) is 5.75 Å². The van der Waals surface area contributed by atoms with Gasteiger partial charge in [0.15, 0.2) is 0 Å². The maximum Gasteiger partial charge on any atom is 0.263 e. The Kier molecular flexibility index (Phi) is 6.74. The number of hydrogen-bond donors (Lipinski definition) is 1. The van der Waals surface area contributed by atoms with Crippen LogP contribution < -0.4 is 9.46 Å². The Morgan fingerprint density at radius 1 is 1.08 bits per heavy atom. The molecule has 1 fully saturated rings. The largest absolute Gasteiger partial charge is 0.493 e. The summed E-state index contributed by atoms with van der Waals surface area (Å²) in [4.78, 5) is 6.15. The van der Waals surface area contributed by atoms with Crippen LogP contribution in [-0.2, 0) is 19.9 Å². The van der Waals surface area contributed by atoms with Gasteiger partial charge in [-0.3, -0.25) is 9.62 Å². The van der Waals surface area contributed by atoms with Gasteiger partial charge in [0.1, 0.15) is 27.7 Å². The number of hydrogen-bond acceptors (Lipinski definition) is 9. The third-order valence-corrected chi connectivity index (χ3v) is 10.4. The summed E-state index contributed by atoms with van der Waals surface area (Å²) in [6.45, 7) is 0.912. The molecule has 2 aliphatic rings. The number of benzene rings is 2. The van der Waals surface area contributed by atoms with E-state index < -0.39 is 25.1 Å². The summed E-state index contributed by atoms with van der Waals surface area (Å²) < 4.78 is 76.1. The second-order valence-corrected chi connectivity index (χ2v) is 13.8. The van der Waals surface area contributed by atoms with Crippen molar-refractivity contribution in [2.75, 3.05) is 24.1 Å². The molecule has 1 N–H and O–H groups in total. The summed E-state index contributed by atoms with van der Waals surface area (Å²) in [5, 5.41) is -0.315. The quantitative estimate of drug-likeness (QED) is 0.493. The van der Waals surface area contributed by atoms with Crippen molar-refractivity contribution in [3.05, 3.63) is 65.7 Å². The highest BCUT2D eigenvalue weighted by Crippen LogP contribution is 2.45. The normalized spacial score (nSPS) is 23.0. The summed E-state index contributed by atoms with van der Waals surface area (Å²) in [6.07, 6.45) is 4.07. The Bertz CT molecular complexity index is 1450. The number of aromatic nitrogens is 2. The van der Waals surface area contributed by atoms with E-state index in [1.807, 2.05) is 0 Å². The standard InChI is InChI=1S/C23H25FN4O5S3/c1-35(29,30)17-8-10-28(21(12-17)15-2-4-16(24)5-3-15)20-9-11-33-22-13-18(6-7-19(20)22)36(31,32)27-23-25-14-26-34-23/h2-7,13-14,17,20-21H,8-12H2,1H3,(H,25,26,27)/t17-,20-,21+/m1/s1. The first kappa shape index (κ1) is 25.1. The van der Waals surface area contributed by atoms with Crippen LogP contribution in [0.4, 0.5) is 9.52 Å². The number of nitrogens with one attached hydrogen (secondary N) is 1. The summed E-state index contributed by atoms with van der Waals surface area (Å²) in [7, 11) is -7.12. The molecule has 0 saturated carbocycles. The van der Waals surface area contributed by atoms with E-state index in [1.54, 1.807) is 18.2 Å². The molecular weight excluding hydrogens is 527 g/mol. The zero-order chi connectivity index (χ0) is 25.5. The molecule has 36 heavy (non-hydrogen) atoms. The van der Waals surface area contributed by atoms with Crippen molar-refractivity contribution in [1.82, 2.24) is 14.3 Å². The number of fused-ring (bicyclic) bond motifs is 1. The summed E-state index contributed by atoms with van der Waals surface area (Å²) in [5.41, 5.74) is 1.68. The van der Waals surface area contributed by atoms with Crippen LogP contribution in [-0.4, -0.2) is 55.8 Å². The van der Waals surface area contributed by atoms with E-state index in [2.05, 4.69) is 19.0 Å². The summed E-state index contributed by atoms with van der Waals surface area (Å²) in [6, 6.07) is 10.6. The number of halogens is 1. The molecule has 3 atom stereocenters. The summed E-state index contributed by atoms with van der Waals surface area (Å²) in [5.74, 6) is 0.113. The zero-order valence-corrected chi connectivity index (χ0v) is 21.8. The fourth-order valence-electron chi connectivity index (χ4n) is 4.98. The van der Waals surface area contributed by atoms with Crippen LogP contribution in [0, 0.1) is 5.82 Å². The van der Waals surface area contributed by atoms with Crippen molar-refractivity contribution < 1.29 is 26.0 Å². The van der Waals surface area contributed by atoms with E-state index in [0.717, 1.165) is 22.7 Å². The Morgan fingerprint density at radius 2 is 1.86 bits per heavy atom. The highest BCUT2D eigenvalue weighted by atomic mass is 32.2. The van der Waals surface area contributed by atoms with Crippen molar-refractivity contribution in [2.45, 2.75) is 41.5 Å². The molecule has 0 spiro atoms. The molecule has 5 rings (SSSR count). The van der Waals surface area contributed by atoms with Gasteiger partial charge in [0.2, 0.25) is 5.13 Å². The maximum absolute atomic E-state index is 13.6. The number of sulfonamides is 1. The van der Waals surface area contributed by atoms with Gasteiger partial charge in [-0.05, 0) is 36.6 Å². The fraction of sp³-hybridized carbons (Fsp3) is 0.391. The average Bonchev–Trinajstić information content (AvgIpc) is 3.35. The van der Waals surface area contributed by atoms with E-state index in [-0.39, 0.29) is 27.9 Å². The van der Waals surface area contributed by atoms with Crippen molar-refractivity contribution >= 4 is 36.5 Å². The fourth-order valence-corrected chi connectivity index (χ4v) is 7.72. The first-order valence-electron chi connectivity index (χ1n) is 11.4. The topological polar surface area (TPSA) is 119 Å². The number of rotatable bonds is 6. The van der Waals surface area contributed by atoms with Crippen LogP contribution in [0.15, 0.2) is 53.7 Å². The van der Waals surface area contributed by atoms with Gasteiger partial charge < -0.3 is 4.74 Å². The second-order valence-electron chi connectivity index (χ2n) is 8.99. The zero-order valence-electron chi connectivity index (χ0n) is 19.4. The van der Waals surface area contributed by atoms with Gasteiger partial charge in [0, 0.05) is 54.5 Å². The van der Waals surface area contributed by atoms with Gasteiger partial charge in [0.05, 0.1) is 16.8 Å². The van der Waals surface area contributed by atoms with Crippen molar-refractivity contribution in [2.24, 2.45) is 0 Å². The number of anilines is 1. The van der Waals surface area contributed by atoms with Crippen LogP contribution in [0.1, 0.15) is 42.5 Å². The lowest BCUT2D eigenvalue weighted by molar-refractivity contribution is 0.0680. The Hall–Kier alpha value is -2.61. The highest BCUT2D eigenvalue weighted by molar-refractivity contribution is 7.93. The van der Waals surface area contributed by atoms with Crippen molar-refractivity contribution in [3.8, 4) is 5.75 Å². The number of sulfone groups is 1. The van der Waals surface area contributed by atoms with Gasteiger partial charge in [-0.15, -0.1) is 0 Å². The van der Waals surface area contributed by atoms with Crippen LogP contribution in [0.3, 0.4) is 0 Å². The van der Waals surface area contributed by atoms with Crippen molar-refractivity contribution in [1.29, 1.82) is 0 Å². The Labute approximate surface area is 213 Å². The minimum atomic E-state index is -3.88. The molecule has 9 nitrogen and oxygen atoms in total. The Balaban J connectivity index is 1.47. The van der Waals surface area contributed by atoms with E-state index in [0.29, 0.717) is 38.2 Å². The van der Waals surface area contributed by atoms with Gasteiger partial charge in [-0.1, -0.05) is 18.2 Å². The third kappa shape index (κ3) is 5.10. The molecule has 3 aromatic rings. The minimum Gasteiger partial charge on any atom is -0.493 e. The second kappa shape index (κ2) is 9.69. The lowest BCUT2D eigenvalue weighted by atomic mass is 9.89. The SMILES string of the molecule is CS(=O)(=O)[C@@H]1CCN([C@@H]2CCOc3cc(S(=O)(=O)Nc4ncns4)ccc32)[C@H](c2ccc(F)cc2)C1. The van der Waals surface area contributed by atoms with Gasteiger partial charge in [0.25, 0.3) is 10.0 Å². The van der Waals surface area contributed by atoms with E-state index >= 15 is 0 Å². The maximum atomic E-state index is 13.6. The molecule has 3 heterocycles. The molecule has 0 bridgehead atoms. The first-order valence-corrected chi connectivity index (χ1v) is 15.6.